The van der Waals surface area contributed by atoms with E-state index in [0.717, 1.165) is 6.42 Å². The molecule has 1 aromatic rings. The number of rotatable bonds is 4. The largest absolute Gasteiger partial charge is 0.478 e. The van der Waals surface area contributed by atoms with Crippen molar-refractivity contribution in [1.29, 1.82) is 0 Å². The average molecular weight is 299 g/mol. The van der Waals surface area contributed by atoms with Crippen LogP contribution in [0.5, 0.6) is 0 Å². The Balaban J connectivity index is 2.38. The summed E-state index contributed by atoms with van der Waals surface area (Å²) < 4.78 is 26.4. The van der Waals surface area contributed by atoms with Gasteiger partial charge in [-0.1, -0.05) is 12.1 Å². The third kappa shape index (κ3) is 2.84. The lowest BCUT2D eigenvalue weighted by Crippen LogP contribution is -2.41. The van der Waals surface area contributed by atoms with E-state index in [4.69, 9.17) is 5.11 Å². The van der Waals surface area contributed by atoms with Crippen molar-refractivity contribution in [2.24, 2.45) is 5.92 Å². The van der Waals surface area contributed by atoms with Crippen LogP contribution in [-0.2, 0) is 10.0 Å². The Kier molecular flexibility index (Phi) is 4.42. The van der Waals surface area contributed by atoms with E-state index in [1.807, 2.05) is 0 Å². The van der Waals surface area contributed by atoms with Crippen LogP contribution in [-0.4, -0.2) is 48.6 Å². The Bertz CT molecular complexity index is 599. The lowest BCUT2D eigenvalue weighted by Gasteiger charge is -2.31. The van der Waals surface area contributed by atoms with Gasteiger partial charge in [0, 0.05) is 19.7 Å². The van der Waals surface area contributed by atoms with E-state index in [9.17, 15) is 18.3 Å². The first-order valence-electron chi connectivity index (χ1n) is 6.40. The number of nitrogens with zero attached hydrogens (tertiary/aromatic N) is 1. The molecule has 1 saturated heterocycles. The Morgan fingerprint density at radius 1 is 1.35 bits per heavy atom. The minimum absolute atomic E-state index is 0.0629. The number of hydrogen-bond donors (Lipinski definition) is 2. The monoisotopic (exact) mass is 299 g/mol. The summed E-state index contributed by atoms with van der Waals surface area (Å²) >= 11 is 0. The molecular weight excluding hydrogens is 282 g/mol. The molecule has 1 unspecified atom stereocenters. The maximum atomic E-state index is 12.6. The van der Waals surface area contributed by atoms with Crippen molar-refractivity contribution in [2.75, 3.05) is 19.7 Å². The number of carboxylic acid groups (broad SMARTS) is 1. The van der Waals surface area contributed by atoms with Gasteiger partial charge in [0.25, 0.3) is 0 Å². The maximum absolute atomic E-state index is 12.6. The predicted octanol–water partition coefficient (Wildman–Crippen LogP) is 0.778. The average Bonchev–Trinajstić information content (AvgIpc) is 2.47. The molecular formula is C13H17NO5S. The van der Waals surface area contributed by atoms with Crippen molar-refractivity contribution in [3.05, 3.63) is 29.8 Å². The maximum Gasteiger partial charge on any atom is 0.337 e. The van der Waals surface area contributed by atoms with Gasteiger partial charge in [0.05, 0.1) is 10.5 Å². The highest BCUT2D eigenvalue weighted by atomic mass is 32.2. The van der Waals surface area contributed by atoms with E-state index in [1.54, 1.807) is 0 Å². The fourth-order valence-electron chi connectivity index (χ4n) is 2.40. The van der Waals surface area contributed by atoms with Gasteiger partial charge in [0.15, 0.2) is 0 Å². The second kappa shape index (κ2) is 5.90. The number of aromatic carboxylic acids is 1. The molecule has 2 rings (SSSR count). The predicted molar refractivity (Wildman–Crippen MR) is 72.0 cm³/mol. The number of carboxylic acids is 1. The van der Waals surface area contributed by atoms with Gasteiger partial charge in [-0.25, -0.2) is 13.2 Å². The molecule has 0 bridgehead atoms. The van der Waals surface area contributed by atoms with Crippen molar-refractivity contribution in [2.45, 2.75) is 17.7 Å². The molecule has 0 amide bonds. The molecule has 2 N–H and O–H groups in total. The quantitative estimate of drug-likeness (QED) is 0.856. The minimum atomic E-state index is -3.84. The Morgan fingerprint density at radius 2 is 2.05 bits per heavy atom. The summed E-state index contributed by atoms with van der Waals surface area (Å²) in [6.07, 6.45) is 1.45. The number of aliphatic hydroxyl groups is 1. The molecule has 7 heteroatoms. The zero-order valence-electron chi connectivity index (χ0n) is 10.9. The second-order valence-corrected chi connectivity index (χ2v) is 6.76. The van der Waals surface area contributed by atoms with Crippen LogP contribution in [0.4, 0.5) is 0 Å². The lowest BCUT2D eigenvalue weighted by molar-refractivity contribution is 0.0692. The third-order valence-electron chi connectivity index (χ3n) is 3.48. The first kappa shape index (κ1) is 15.0. The number of benzene rings is 1. The molecule has 20 heavy (non-hydrogen) atoms. The van der Waals surface area contributed by atoms with Crippen LogP contribution < -0.4 is 0 Å². The second-order valence-electron chi connectivity index (χ2n) is 4.86. The normalized spacial score (nSPS) is 20.8. The number of piperidine rings is 1. The SMILES string of the molecule is O=C(O)c1ccccc1S(=O)(=O)N1CCCC(CO)C1. The molecule has 1 atom stereocenters. The number of aliphatic hydroxyl groups excluding tert-OH is 1. The van der Waals surface area contributed by atoms with Gasteiger partial charge >= 0.3 is 5.97 Å². The van der Waals surface area contributed by atoms with Gasteiger partial charge < -0.3 is 10.2 Å². The van der Waals surface area contributed by atoms with E-state index in [2.05, 4.69) is 0 Å². The van der Waals surface area contributed by atoms with Crippen molar-refractivity contribution < 1.29 is 23.4 Å². The Hall–Kier alpha value is -1.44. The number of carbonyl (C=O) groups is 1. The molecule has 0 saturated carbocycles. The standard InChI is InChI=1S/C13H17NO5S/c15-9-10-4-3-7-14(8-10)20(18,19)12-6-2-1-5-11(12)13(16)17/h1-2,5-6,10,15H,3-4,7-9H2,(H,16,17). The summed E-state index contributed by atoms with van der Waals surface area (Å²) in [7, 11) is -3.84. The summed E-state index contributed by atoms with van der Waals surface area (Å²) in [6, 6.07) is 5.59. The minimum Gasteiger partial charge on any atom is -0.478 e. The molecule has 6 nitrogen and oxygen atoms in total. The van der Waals surface area contributed by atoms with E-state index >= 15 is 0 Å². The van der Waals surface area contributed by atoms with Crippen LogP contribution in [0.15, 0.2) is 29.2 Å². The molecule has 1 fully saturated rings. The fraction of sp³-hybridized carbons (Fsp3) is 0.462. The molecule has 1 heterocycles. The van der Waals surface area contributed by atoms with E-state index in [-0.39, 0.29) is 29.5 Å². The van der Waals surface area contributed by atoms with Gasteiger partial charge in [0.2, 0.25) is 10.0 Å². The van der Waals surface area contributed by atoms with Crippen molar-refractivity contribution in [3.8, 4) is 0 Å². The number of sulfonamides is 1. The van der Waals surface area contributed by atoms with Crippen molar-refractivity contribution in [3.63, 3.8) is 0 Å². The molecule has 0 aromatic heterocycles. The van der Waals surface area contributed by atoms with Crippen molar-refractivity contribution >= 4 is 16.0 Å². The highest BCUT2D eigenvalue weighted by Gasteiger charge is 2.32. The molecule has 1 aliphatic rings. The summed E-state index contributed by atoms with van der Waals surface area (Å²) in [6.45, 7) is 0.520. The fourth-order valence-corrected chi connectivity index (χ4v) is 4.14. The first-order chi connectivity index (χ1) is 9.46. The zero-order chi connectivity index (χ0) is 14.8. The van der Waals surface area contributed by atoms with Gasteiger partial charge in [-0.15, -0.1) is 0 Å². The van der Waals surface area contributed by atoms with Crippen LogP contribution in [0.25, 0.3) is 0 Å². The first-order valence-corrected chi connectivity index (χ1v) is 7.84. The topological polar surface area (TPSA) is 94.9 Å². The van der Waals surface area contributed by atoms with Crippen LogP contribution >= 0.6 is 0 Å². The van der Waals surface area contributed by atoms with Crippen LogP contribution in [0, 0.1) is 5.92 Å². The van der Waals surface area contributed by atoms with Gasteiger partial charge in [-0.05, 0) is 30.9 Å². The molecule has 1 aliphatic heterocycles. The lowest BCUT2D eigenvalue weighted by atomic mass is 10.0. The smallest absolute Gasteiger partial charge is 0.337 e. The van der Waals surface area contributed by atoms with Gasteiger partial charge in [-0.3, -0.25) is 0 Å². The Labute approximate surface area is 117 Å². The summed E-state index contributed by atoms with van der Waals surface area (Å²) in [5.41, 5.74) is -0.223. The summed E-state index contributed by atoms with van der Waals surface area (Å²) in [5, 5.41) is 18.3. The van der Waals surface area contributed by atoms with Crippen LogP contribution in [0.2, 0.25) is 0 Å². The Morgan fingerprint density at radius 3 is 2.70 bits per heavy atom. The van der Waals surface area contributed by atoms with Crippen molar-refractivity contribution in [1.82, 2.24) is 4.31 Å². The molecule has 1 aromatic carbocycles. The van der Waals surface area contributed by atoms with E-state index in [0.29, 0.717) is 13.0 Å². The number of hydrogen-bond acceptors (Lipinski definition) is 4. The van der Waals surface area contributed by atoms with E-state index < -0.39 is 16.0 Å². The molecule has 110 valence electrons. The van der Waals surface area contributed by atoms with Gasteiger partial charge in [0.1, 0.15) is 0 Å². The molecule has 0 spiro atoms. The summed E-state index contributed by atoms with van der Waals surface area (Å²) in [4.78, 5) is 11.0. The highest BCUT2D eigenvalue weighted by molar-refractivity contribution is 7.89. The van der Waals surface area contributed by atoms with Crippen LogP contribution in [0.3, 0.4) is 0 Å². The third-order valence-corrected chi connectivity index (χ3v) is 5.40. The molecule has 0 aliphatic carbocycles. The molecule has 0 radical (unpaired) electrons. The van der Waals surface area contributed by atoms with Gasteiger partial charge in [-0.2, -0.15) is 4.31 Å². The summed E-state index contributed by atoms with van der Waals surface area (Å²) in [5.74, 6) is -1.35. The van der Waals surface area contributed by atoms with E-state index in [1.165, 1.54) is 28.6 Å². The zero-order valence-corrected chi connectivity index (χ0v) is 11.7. The highest BCUT2D eigenvalue weighted by Crippen LogP contribution is 2.25. The van der Waals surface area contributed by atoms with Crippen LogP contribution in [0.1, 0.15) is 23.2 Å².